The molecule has 0 atom stereocenters. The molecular weight excluding hydrogens is 318 g/mol. The summed E-state index contributed by atoms with van der Waals surface area (Å²) in [5.41, 5.74) is 7.13. The zero-order valence-electron chi connectivity index (χ0n) is 11.9. The number of nitrogens with two attached hydrogens (primary N) is 1. The molecular formula is C16H12ClN3O3. The van der Waals surface area contributed by atoms with Crippen molar-refractivity contribution in [2.45, 2.75) is 6.61 Å². The zero-order chi connectivity index (χ0) is 16.4. The van der Waals surface area contributed by atoms with Crippen molar-refractivity contribution in [3.05, 3.63) is 70.6 Å². The highest BCUT2D eigenvalue weighted by Crippen LogP contribution is 2.13. The van der Waals surface area contributed by atoms with Crippen molar-refractivity contribution < 1.29 is 14.3 Å². The summed E-state index contributed by atoms with van der Waals surface area (Å²) in [6.07, 6.45) is 3.46. The Kier molecular flexibility index (Phi) is 3.99. The Morgan fingerprint density at radius 1 is 1.09 bits per heavy atom. The summed E-state index contributed by atoms with van der Waals surface area (Å²) >= 11 is 5.90. The second kappa shape index (κ2) is 6.10. The molecule has 3 rings (SSSR count). The lowest BCUT2D eigenvalue weighted by atomic mass is 10.1. The first-order valence-corrected chi connectivity index (χ1v) is 7.11. The van der Waals surface area contributed by atoms with Crippen LogP contribution in [0.1, 0.15) is 26.4 Å². The monoisotopic (exact) mass is 329 g/mol. The van der Waals surface area contributed by atoms with Crippen LogP contribution < -0.4 is 5.73 Å². The minimum absolute atomic E-state index is 0.0374. The number of ether oxygens (including phenoxy) is 1. The van der Waals surface area contributed by atoms with Gasteiger partial charge in [-0.25, -0.2) is 9.78 Å². The van der Waals surface area contributed by atoms with Gasteiger partial charge in [0.25, 0.3) is 0 Å². The van der Waals surface area contributed by atoms with Crippen LogP contribution in [0.2, 0.25) is 5.02 Å². The quantitative estimate of drug-likeness (QED) is 0.745. The first kappa shape index (κ1) is 15.1. The normalized spacial score (nSPS) is 10.7. The number of benzene rings is 1. The van der Waals surface area contributed by atoms with E-state index in [0.717, 1.165) is 0 Å². The number of imidazole rings is 1. The molecule has 0 radical (unpaired) electrons. The number of aromatic nitrogens is 2. The molecule has 0 saturated carbocycles. The second-order valence-electron chi connectivity index (χ2n) is 4.86. The molecule has 6 nitrogen and oxygen atoms in total. The summed E-state index contributed by atoms with van der Waals surface area (Å²) < 4.78 is 6.97. The third kappa shape index (κ3) is 3.32. The van der Waals surface area contributed by atoms with E-state index in [-0.39, 0.29) is 6.61 Å². The molecule has 0 bridgehead atoms. The van der Waals surface area contributed by atoms with Gasteiger partial charge in [0, 0.05) is 18.0 Å². The second-order valence-corrected chi connectivity index (χ2v) is 5.30. The van der Waals surface area contributed by atoms with Gasteiger partial charge in [-0.15, -0.1) is 0 Å². The van der Waals surface area contributed by atoms with Crippen molar-refractivity contribution in [1.82, 2.24) is 9.38 Å². The highest BCUT2D eigenvalue weighted by atomic mass is 35.5. The molecule has 23 heavy (non-hydrogen) atoms. The summed E-state index contributed by atoms with van der Waals surface area (Å²) in [5.74, 6) is -1.05. The zero-order valence-corrected chi connectivity index (χ0v) is 12.7. The smallest absolute Gasteiger partial charge is 0.338 e. The first-order valence-electron chi connectivity index (χ1n) is 6.73. The van der Waals surface area contributed by atoms with Crippen LogP contribution in [0, 0.1) is 0 Å². The van der Waals surface area contributed by atoms with Crippen LogP contribution in [0.4, 0.5) is 0 Å². The number of esters is 1. The van der Waals surface area contributed by atoms with Crippen LogP contribution in [0.3, 0.4) is 0 Å². The van der Waals surface area contributed by atoms with E-state index in [9.17, 15) is 9.59 Å². The van der Waals surface area contributed by atoms with E-state index in [4.69, 9.17) is 22.1 Å². The van der Waals surface area contributed by atoms with E-state index in [1.807, 2.05) is 0 Å². The molecule has 2 heterocycles. The van der Waals surface area contributed by atoms with Crippen LogP contribution in [-0.4, -0.2) is 21.3 Å². The number of halogens is 1. The molecule has 0 unspecified atom stereocenters. The third-order valence-electron chi connectivity index (χ3n) is 3.22. The lowest BCUT2D eigenvalue weighted by Gasteiger charge is -2.03. The Bertz CT molecular complexity index is 887. The van der Waals surface area contributed by atoms with Crippen LogP contribution in [0.25, 0.3) is 5.65 Å². The molecule has 1 aromatic carbocycles. The third-order valence-corrected chi connectivity index (χ3v) is 3.44. The molecule has 2 aromatic heterocycles. The van der Waals surface area contributed by atoms with E-state index in [1.54, 1.807) is 28.9 Å². The highest BCUT2D eigenvalue weighted by Gasteiger charge is 2.10. The molecule has 0 aliphatic carbocycles. The Morgan fingerprint density at radius 3 is 2.48 bits per heavy atom. The van der Waals surface area contributed by atoms with E-state index in [2.05, 4.69) is 4.98 Å². The van der Waals surface area contributed by atoms with Crippen molar-refractivity contribution in [1.29, 1.82) is 0 Å². The van der Waals surface area contributed by atoms with Gasteiger partial charge in [0.15, 0.2) is 0 Å². The molecule has 2 N–H and O–H groups in total. The van der Waals surface area contributed by atoms with Gasteiger partial charge in [-0.1, -0.05) is 11.6 Å². The number of carbonyl (C=O) groups excluding carboxylic acids is 2. The number of fused-ring (bicyclic) bond motifs is 1. The van der Waals surface area contributed by atoms with Crippen LogP contribution >= 0.6 is 11.6 Å². The number of hydrogen-bond acceptors (Lipinski definition) is 4. The minimum Gasteiger partial charge on any atom is -0.456 e. The number of rotatable bonds is 4. The Labute approximate surface area is 136 Å². The molecule has 0 saturated heterocycles. The fourth-order valence-corrected chi connectivity index (χ4v) is 2.25. The number of hydrogen-bond donors (Lipinski definition) is 1. The van der Waals surface area contributed by atoms with Crippen molar-refractivity contribution in [2.24, 2.45) is 5.73 Å². The summed E-state index contributed by atoms with van der Waals surface area (Å²) in [5, 5.41) is 0.591. The number of amides is 1. The fourth-order valence-electron chi connectivity index (χ4n) is 2.08. The Hall–Kier alpha value is -2.86. The van der Waals surface area contributed by atoms with Gasteiger partial charge in [-0.2, -0.15) is 0 Å². The van der Waals surface area contributed by atoms with Gasteiger partial charge in [0.1, 0.15) is 12.3 Å². The predicted octanol–water partition coefficient (Wildman–Crippen LogP) is 2.44. The summed E-state index contributed by atoms with van der Waals surface area (Å²) in [6, 6.07) is 9.45. The van der Waals surface area contributed by atoms with Crippen molar-refractivity contribution in [2.75, 3.05) is 0 Å². The topological polar surface area (TPSA) is 86.7 Å². The molecule has 0 aliphatic rings. The van der Waals surface area contributed by atoms with E-state index < -0.39 is 11.9 Å². The maximum Gasteiger partial charge on any atom is 0.338 e. The lowest BCUT2D eigenvalue weighted by molar-refractivity contribution is 0.0468. The highest BCUT2D eigenvalue weighted by molar-refractivity contribution is 6.30. The van der Waals surface area contributed by atoms with Gasteiger partial charge in [0.05, 0.1) is 16.3 Å². The maximum absolute atomic E-state index is 12.0. The van der Waals surface area contributed by atoms with Gasteiger partial charge in [0.2, 0.25) is 5.91 Å². The van der Waals surface area contributed by atoms with Gasteiger partial charge in [-0.3, -0.25) is 4.79 Å². The predicted molar refractivity (Wildman–Crippen MR) is 84.3 cm³/mol. The Balaban J connectivity index is 1.68. The van der Waals surface area contributed by atoms with Crippen LogP contribution in [0.15, 0.2) is 48.8 Å². The van der Waals surface area contributed by atoms with E-state index in [1.165, 1.54) is 24.3 Å². The fraction of sp³-hybridized carbons (Fsp3) is 0.0625. The largest absolute Gasteiger partial charge is 0.456 e. The van der Waals surface area contributed by atoms with E-state index in [0.29, 0.717) is 27.5 Å². The number of carbonyl (C=O) groups is 2. The number of nitrogens with zero attached hydrogens (tertiary/aromatic N) is 2. The maximum atomic E-state index is 12.0. The lowest BCUT2D eigenvalue weighted by Crippen LogP contribution is -2.11. The molecule has 1 amide bonds. The van der Waals surface area contributed by atoms with Crippen LogP contribution in [0.5, 0.6) is 0 Å². The summed E-state index contributed by atoms with van der Waals surface area (Å²) in [4.78, 5) is 27.3. The molecule has 0 spiro atoms. The number of pyridine rings is 1. The average Bonchev–Trinajstić information content (AvgIpc) is 2.94. The van der Waals surface area contributed by atoms with E-state index >= 15 is 0 Å². The Morgan fingerprint density at radius 2 is 1.78 bits per heavy atom. The molecule has 7 heteroatoms. The van der Waals surface area contributed by atoms with Crippen molar-refractivity contribution >= 4 is 29.1 Å². The summed E-state index contributed by atoms with van der Waals surface area (Å²) in [7, 11) is 0. The van der Waals surface area contributed by atoms with Gasteiger partial charge < -0.3 is 14.9 Å². The molecule has 0 fully saturated rings. The first-order chi connectivity index (χ1) is 11.0. The molecule has 0 aliphatic heterocycles. The minimum atomic E-state index is -0.548. The number of primary amides is 1. The standard InChI is InChI=1S/C16H12ClN3O3/c17-12-5-6-14-19-13(8-20(14)7-12)9-23-16(22)11-3-1-10(2-4-11)15(18)21/h1-8H,9H2,(H2,18,21). The van der Waals surface area contributed by atoms with Crippen LogP contribution in [-0.2, 0) is 11.3 Å². The van der Waals surface area contributed by atoms with Gasteiger partial charge in [-0.05, 0) is 36.4 Å². The van der Waals surface area contributed by atoms with Gasteiger partial charge >= 0.3 is 5.97 Å². The summed E-state index contributed by atoms with van der Waals surface area (Å²) in [6.45, 7) is 0.0374. The SMILES string of the molecule is NC(=O)c1ccc(C(=O)OCc2cn3cc(Cl)ccc3n2)cc1. The van der Waals surface area contributed by atoms with Crippen molar-refractivity contribution in [3.63, 3.8) is 0 Å². The molecule has 116 valence electrons. The van der Waals surface area contributed by atoms with Crippen molar-refractivity contribution in [3.8, 4) is 0 Å². The molecule has 3 aromatic rings. The average molecular weight is 330 g/mol.